The molecule has 0 atom stereocenters. The predicted octanol–water partition coefficient (Wildman–Crippen LogP) is 2.27. The van der Waals surface area contributed by atoms with Crippen molar-refractivity contribution in [3.63, 3.8) is 0 Å². The number of carbonyl (C=O) groups excluding carboxylic acids is 1. The molecular formula is C15H18N2O4. The van der Waals surface area contributed by atoms with Gasteiger partial charge in [0.1, 0.15) is 23.0 Å². The van der Waals surface area contributed by atoms with Crippen molar-refractivity contribution in [2.75, 3.05) is 21.3 Å². The van der Waals surface area contributed by atoms with E-state index in [1.165, 1.54) is 7.11 Å². The molecule has 0 N–H and O–H groups in total. The number of hydrogen-bond acceptors (Lipinski definition) is 5. The number of carbonyl (C=O) groups is 1. The molecule has 0 aliphatic carbocycles. The van der Waals surface area contributed by atoms with Gasteiger partial charge in [-0.2, -0.15) is 0 Å². The van der Waals surface area contributed by atoms with E-state index in [9.17, 15) is 4.79 Å². The lowest BCUT2D eigenvalue weighted by atomic mass is 10.1. The van der Waals surface area contributed by atoms with Gasteiger partial charge in [-0.05, 0) is 19.1 Å². The zero-order valence-corrected chi connectivity index (χ0v) is 12.5. The number of amides is 1. The number of hydrogen-bond donors (Lipinski definition) is 0. The molecule has 1 heterocycles. The van der Waals surface area contributed by atoms with Gasteiger partial charge in [0, 0.05) is 19.2 Å². The number of methoxy groups -OCH3 is 2. The fourth-order valence-electron chi connectivity index (χ4n) is 1.99. The van der Waals surface area contributed by atoms with Crippen molar-refractivity contribution in [3.8, 4) is 11.5 Å². The zero-order valence-electron chi connectivity index (χ0n) is 12.5. The minimum Gasteiger partial charge on any atom is -0.497 e. The molecule has 0 radical (unpaired) electrons. The molecule has 0 bridgehead atoms. The molecule has 21 heavy (non-hydrogen) atoms. The summed E-state index contributed by atoms with van der Waals surface area (Å²) in [4.78, 5) is 14.0. The van der Waals surface area contributed by atoms with Crippen LogP contribution < -0.4 is 9.47 Å². The SMILES string of the molecule is COc1ccc(C(=O)N(C)Cc2cc(C)on2)c(OC)c1. The van der Waals surface area contributed by atoms with E-state index in [0.29, 0.717) is 35.1 Å². The van der Waals surface area contributed by atoms with Gasteiger partial charge in [0.2, 0.25) is 0 Å². The first-order chi connectivity index (χ1) is 10.0. The van der Waals surface area contributed by atoms with E-state index in [-0.39, 0.29) is 5.91 Å². The first-order valence-corrected chi connectivity index (χ1v) is 6.45. The number of ether oxygens (including phenoxy) is 2. The van der Waals surface area contributed by atoms with Gasteiger partial charge in [-0.25, -0.2) is 0 Å². The maximum absolute atomic E-state index is 12.5. The molecule has 0 fully saturated rings. The van der Waals surface area contributed by atoms with Crippen LogP contribution in [0.15, 0.2) is 28.8 Å². The maximum atomic E-state index is 12.5. The minimum atomic E-state index is -0.157. The number of benzene rings is 1. The van der Waals surface area contributed by atoms with Crippen LogP contribution in [-0.2, 0) is 6.54 Å². The fraction of sp³-hybridized carbons (Fsp3) is 0.333. The zero-order chi connectivity index (χ0) is 15.4. The summed E-state index contributed by atoms with van der Waals surface area (Å²) in [6.07, 6.45) is 0. The molecule has 1 amide bonds. The van der Waals surface area contributed by atoms with Gasteiger partial charge < -0.3 is 18.9 Å². The number of aryl methyl sites for hydroxylation is 1. The molecular weight excluding hydrogens is 272 g/mol. The van der Waals surface area contributed by atoms with Crippen molar-refractivity contribution < 1.29 is 18.8 Å². The quantitative estimate of drug-likeness (QED) is 0.845. The molecule has 112 valence electrons. The van der Waals surface area contributed by atoms with Crippen molar-refractivity contribution in [2.45, 2.75) is 13.5 Å². The van der Waals surface area contributed by atoms with Crippen LogP contribution in [0.4, 0.5) is 0 Å². The number of nitrogens with zero attached hydrogens (tertiary/aromatic N) is 2. The lowest BCUT2D eigenvalue weighted by molar-refractivity contribution is 0.0778. The minimum absolute atomic E-state index is 0.157. The van der Waals surface area contributed by atoms with E-state index in [2.05, 4.69) is 5.16 Å². The van der Waals surface area contributed by atoms with Gasteiger partial charge in [0.05, 0.1) is 26.3 Å². The molecule has 1 aromatic heterocycles. The standard InChI is InChI=1S/C15H18N2O4/c1-10-7-11(16-21-10)9-17(2)15(18)13-6-5-12(19-3)8-14(13)20-4/h5-8H,9H2,1-4H3. The summed E-state index contributed by atoms with van der Waals surface area (Å²) in [6.45, 7) is 2.18. The van der Waals surface area contributed by atoms with Crippen LogP contribution in [0.3, 0.4) is 0 Å². The second-order valence-electron chi connectivity index (χ2n) is 4.66. The second kappa shape index (κ2) is 6.30. The molecule has 6 nitrogen and oxygen atoms in total. The van der Waals surface area contributed by atoms with Crippen molar-refractivity contribution in [2.24, 2.45) is 0 Å². The fourth-order valence-corrected chi connectivity index (χ4v) is 1.99. The molecule has 6 heteroatoms. The Morgan fingerprint density at radius 1 is 1.29 bits per heavy atom. The summed E-state index contributed by atoms with van der Waals surface area (Å²) in [5, 5.41) is 3.88. The van der Waals surface area contributed by atoms with E-state index >= 15 is 0 Å². The Bertz CT molecular complexity index is 636. The van der Waals surface area contributed by atoms with Crippen molar-refractivity contribution in [3.05, 3.63) is 41.3 Å². The Balaban J connectivity index is 2.18. The third-order valence-corrected chi connectivity index (χ3v) is 3.06. The van der Waals surface area contributed by atoms with Crippen molar-refractivity contribution in [1.82, 2.24) is 10.1 Å². The number of rotatable bonds is 5. The Kier molecular flexibility index (Phi) is 4.47. The highest BCUT2D eigenvalue weighted by Gasteiger charge is 2.18. The summed E-state index contributed by atoms with van der Waals surface area (Å²) in [5.41, 5.74) is 1.18. The van der Waals surface area contributed by atoms with E-state index in [4.69, 9.17) is 14.0 Å². The third kappa shape index (κ3) is 3.34. The molecule has 0 saturated heterocycles. The van der Waals surface area contributed by atoms with Crippen LogP contribution in [0, 0.1) is 6.92 Å². The van der Waals surface area contributed by atoms with Crippen LogP contribution in [0.25, 0.3) is 0 Å². The summed E-state index contributed by atoms with van der Waals surface area (Å²) >= 11 is 0. The van der Waals surface area contributed by atoms with E-state index in [1.807, 2.05) is 6.92 Å². The normalized spacial score (nSPS) is 10.3. The predicted molar refractivity (Wildman–Crippen MR) is 76.6 cm³/mol. The lowest BCUT2D eigenvalue weighted by Crippen LogP contribution is -2.26. The van der Waals surface area contributed by atoms with E-state index in [1.54, 1.807) is 43.3 Å². The highest BCUT2D eigenvalue weighted by molar-refractivity contribution is 5.97. The van der Waals surface area contributed by atoms with Gasteiger partial charge in [0.25, 0.3) is 5.91 Å². The Morgan fingerprint density at radius 3 is 2.62 bits per heavy atom. The molecule has 0 aliphatic rings. The summed E-state index contributed by atoms with van der Waals surface area (Å²) in [5.74, 6) is 1.67. The molecule has 2 aromatic rings. The lowest BCUT2D eigenvalue weighted by Gasteiger charge is -2.17. The van der Waals surface area contributed by atoms with Gasteiger partial charge in [0.15, 0.2) is 0 Å². The Labute approximate surface area is 123 Å². The van der Waals surface area contributed by atoms with Crippen LogP contribution in [0.1, 0.15) is 21.8 Å². The Morgan fingerprint density at radius 2 is 2.05 bits per heavy atom. The Hall–Kier alpha value is -2.50. The molecule has 0 spiro atoms. The van der Waals surface area contributed by atoms with Gasteiger partial charge in [-0.3, -0.25) is 4.79 Å². The summed E-state index contributed by atoms with van der Waals surface area (Å²) in [6, 6.07) is 6.89. The largest absolute Gasteiger partial charge is 0.497 e. The molecule has 2 rings (SSSR count). The highest BCUT2D eigenvalue weighted by atomic mass is 16.5. The van der Waals surface area contributed by atoms with Crippen LogP contribution in [0.5, 0.6) is 11.5 Å². The first-order valence-electron chi connectivity index (χ1n) is 6.45. The van der Waals surface area contributed by atoms with Gasteiger partial charge in [-0.15, -0.1) is 0 Å². The number of aromatic nitrogens is 1. The average molecular weight is 290 g/mol. The molecule has 0 aliphatic heterocycles. The second-order valence-corrected chi connectivity index (χ2v) is 4.66. The first kappa shape index (κ1) is 14.9. The van der Waals surface area contributed by atoms with E-state index < -0.39 is 0 Å². The van der Waals surface area contributed by atoms with Crippen LogP contribution in [0.2, 0.25) is 0 Å². The molecule has 0 unspecified atom stereocenters. The average Bonchev–Trinajstić information content (AvgIpc) is 2.90. The summed E-state index contributed by atoms with van der Waals surface area (Å²) < 4.78 is 15.4. The van der Waals surface area contributed by atoms with E-state index in [0.717, 1.165) is 0 Å². The van der Waals surface area contributed by atoms with Gasteiger partial charge >= 0.3 is 0 Å². The monoisotopic (exact) mass is 290 g/mol. The maximum Gasteiger partial charge on any atom is 0.257 e. The third-order valence-electron chi connectivity index (χ3n) is 3.06. The van der Waals surface area contributed by atoms with Crippen LogP contribution in [-0.4, -0.2) is 37.2 Å². The highest BCUT2D eigenvalue weighted by Crippen LogP contribution is 2.25. The topological polar surface area (TPSA) is 64.8 Å². The molecule has 0 saturated carbocycles. The van der Waals surface area contributed by atoms with Crippen LogP contribution >= 0.6 is 0 Å². The summed E-state index contributed by atoms with van der Waals surface area (Å²) in [7, 11) is 4.79. The van der Waals surface area contributed by atoms with Crippen molar-refractivity contribution in [1.29, 1.82) is 0 Å². The smallest absolute Gasteiger partial charge is 0.257 e. The van der Waals surface area contributed by atoms with Gasteiger partial charge in [-0.1, -0.05) is 5.16 Å². The van der Waals surface area contributed by atoms with Crippen molar-refractivity contribution >= 4 is 5.91 Å². The molecule has 1 aromatic carbocycles.